The third-order valence-corrected chi connectivity index (χ3v) is 21.7. The van der Waals surface area contributed by atoms with Crippen molar-refractivity contribution in [2.75, 3.05) is 34.0 Å². The zero-order valence-corrected chi connectivity index (χ0v) is 80.8. The van der Waals surface area contributed by atoms with Crippen LogP contribution < -0.4 is 100 Å². The van der Waals surface area contributed by atoms with Crippen molar-refractivity contribution in [2.24, 2.45) is 0 Å². The molecule has 10 aromatic carbocycles. The summed E-state index contributed by atoms with van der Waals surface area (Å²) < 4.78 is 188. The molecule has 0 fully saturated rings. The summed E-state index contributed by atoms with van der Waals surface area (Å²) in [6.45, 7) is 28.4. The quantitative estimate of drug-likeness (QED) is 0.0172. The van der Waals surface area contributed by atoms with Gasteiger partial charge in [0.25, 0.3) is 0 Å². The molecule has 0 spiro atoms. The van der Waals surface area contributed by atoms with Gasteiger partial charge in [0.05, 0.1) is 33.1 Å². The first kappa shape index (κ1) is 104. The molecule has 14 rings (SSSR count). The van der Waals surface area contributed by atoms with E-state index in [-0.39, 0.29) is 80.2 Å². The van der Waals surface area contributed by atoms with Crippen LogP contribution in [0.25, 0.3) is 79.0 Å². The molecule has 0 saturated heterocycles. The third kappa shape index (κ3) is 28.1. The number of aryl methyl sites for hydroxylation is 8. The standard InChI is InChI=1S/2C35H30N2O4S.C16H17N2O5S2.3C2H6.2Na.O3S.O2S/c2*1-21-9-7-10-22(2)34(21)36-25-15-17-27-30(19-25)41-31-20-26(37-35-23(3)11-8-12-24(35)4)16-18-28(31)33(27)29-13-5-6-14-32(29)42(38,39)40;1-17-14-8-4-12(5-9-14)3-6-13-7-10-15(18-24(2,19)20)11-16(13)25(21,22)23;3*1-2;;;1-4(2)3;1-3-2/h2*5-20,36H,1-4H3,(H,38,39,40);3-4,6-11,17-18H,1-2H3,(H,21,22,23);3*1-2H3;;;;/q;;-1;;;;2*+1;;/p-1. The van der Waals surface area contributed by atoms with Crippen molar-refractivity contribution in [3.05, 3.63) is 303 Å². The summed E-state index contributed by atoms with van der Waals surface area (Å²) in [7, 11) is -19.2. The van der Waals surface area contributed by atoms with Gasteiger partial charge >= 0.3 is 81.3 Å². The fourth-order valence-electron chi connectivity index (χ4n) is 13.1. The number of fused-ring (bicyclic) bond motifs is 4. The SMILES string of the molecule is CC.CC.CC.CNc1c[c-]c(C=Cc2ccc(NS(C)(=O)=O)cc2S(=O)(=O)[O-])cc1.Cc1cccc(C)c1Nc1ccc2c(-c3ccccc3S(=O)(=O)[O-])c3ccc(=[NH+]c4c(C)cccc4C)cc-3oc2c1.Cc1cccc(C)c1Nc1ccc2c(-c3ccccc3S(=O)(=O)[O-])c3ccc(=[NH+]c4c(C)cccc4C)cc-3oc2c1.O=S(=O)=O.O=S=O.[Na+].[Na+]. The molecule has 10 aromatic rings. The minimum atomic E-state index is -4.78. The molecule has 24 nitrogen and oxygen atoms in total. The monoisotopic (exact) mass is 1810 g/mol. The van der Waals surface area contributed by atoms with Crippen LogP contribution >= 0.6 is 0 Å². The smallest absolute Gasteiger partial charge is 0.744 e. The van der Waals surface area contributed by atoms with Crippen LogP contribution in [0.2, 0.25) is 0 Å². The van der Waals surface area contributed by atoms with Gasteiger partial charge in [-0.25, -0.2) is 43.7 Å². The minimum Gasteiger partial charge on any atom is -0.744 e. The van der Waals surface area contributed by atoms with Gasteiger partial charge in [-0.15, -0.1) is 43.0 Å². The van der Waals surface area contributed by atoms with Crippen LogP contribution in [0.15, 0.2) is 254 Å². The fraction of sp³-hybridized carbons (Fsp3) is 0.174. The van der Waals surface area contributed by atoms with Crippen LogP contribution in [0.1, 0.15) is 97.2 Å². The Labute approximate surface area is 774 Å². The molecular formula is C92H94N6Na2O18S6. The molecule has 124 heavy (non-hydrogen) atoms. The summed E-state index contributed by atoms with van der Waals surface area (Å²) in [5, 5.41) is 13.0. The van der Waals surface area contributed by atoms with E-state index < -0.39 is 67.5 Å². The molecule has 6 N–H and O–H groups in total. The van der Waals surface area contributed by atoms with Crippen molar-refractivity contribution in [3.8, 4) is 44.9 Å². The van der Waals surface area contributed by atoms with E-state index in [2.05, 4.69) is 141 Å². The number of hydrogen-bond donors (Lipinski definition) is 6. The zero-order chi connectivity index (χ0) is 90.1. The normalized spacial score (nSPS) is 11.2. The predicted molar refractivity (Wildman–Crippen MR) is 480 cm³/mol. The zero-order valence-electron chi connectivity index (χ0n) is 71.9. The molecule has 32 heteroatoms. The van der Waals surface area contributed by atoms with Crippen LogP contribution in [-0.2, 0) is 62.6 Å². The van der Waals surface area contributed by atoms with Gasteiger partial charge in [0.2, 0.25) is 32.1 Å². The molecule has 0 saturated carbocycles. The first-order chi connectivity index (χ1) is 57.9. The average molecular weight is 1810 g/mol. The van der Waals surface area contributed by atoms with Gasteiger partial charge in [0.1, 0.15) is 53.0 Å². The number of sulfonamides is 1. The second-order valence-corrected chi connectivity index (χ2v) is 33.1. The molecule has 2 heterocycles. The maximum absolute atomic E-state index is 12.3. The second kappa shape index (κ2) is 47.7. The van der Waals surface area contributed by atoms with Gasteiger partial charge in [0.15, 0.2) is 0 Å². The summed E-state index contributed by atoms with van der Waals surface area (Å²) in [5.74, 6) is 1.10. The Morgan fingerprint density at radius 1 is 0.403 bits per heavy atom. The molecule has 0 amide bonds. The number of nitrogens with one attached hydrogen (secondary N) is 6. The van der Waals surface area contributed by atoms with E-state index >= 15 is 0 Å². The maximum Gasteiger partial charge on any atom is 1.00 e. The van der Waals surface area contributed by atoms with E-state index in [4.69, 9.17) is 29.9 Å². The molecule has 2 aliphatic carbocycles. The summed E-state index contributed by atoms with van der Waals surface area (Å²) in [6, 6.07) is 72.2. The van der Waals surface area contributed by atoms with Crippen molar-refractivity contribution in [1.29, 1.82) is 0 Å². The van der Waals surface area contributed by atoms with Gasteiger partial charge < -0.3 is 38.4 Å². The Balaban J connectivity index is 0.000000315. The first-order valence-corrected chi connectivity index (χ1v) is 46.0. The Morgan fingerprint density at radius 3 is 1.09 bits per heavy atom. The van der Waals surface area contributed by atoms with Crippen molar-refractivity contribution in [2.45, 2.75) is 112 Å². The Kier molecular flexibility index (Phi) is 40.0. The summed E-state index contributed by atoms with van der Waals surface area (Å²) in [5.41, 5.74) is 20.7. The van der Waals surface area contributed by atoms with E-state index in [1.807, 2.05) is 145 Å². The Hall–Kier alpha value is -10.4. The van der Waals surface area contributed by atoms with Crippen molar-refractivity contribution < 1.29 is 146 Å². The average Bonchev–Trinajstić information content (AvgIpc) is 0.745. The number of hydrogen-bond acceptors (Lipinski definition) is 21. The predicted octanol–water partition coefficient (Wildman–Crippen LogP) is 10.2. The van der Waals surface area contributed by atoms with E-state index in [1.54, 1.807) is 61.7 Å². The number of rotatable bonds is 16. The molecule has 638 valence electrons. The van der Waals surface area contributed by atoms with Crippen LogP contribution in [0.4, 0.5) is 45.5 Å². The molecular weight excluding hydrogens is 1720 g/mol. The molecule has 0 bridgehead atoms. The molecule has 0 atom stereocenters. The van der Waals surface area contributed by atoms with Gasteiger partial charge in [-0.1, -0.05) is 163 Å². The summed E-state index contributed by atoms with van der Waals surface area (Å²) in [4.78, 5) is 5.98. The molecule has 0 unspecified atom stereocenters. The third-order valence-electron chi connectivity index (χ3n) is 18.5. The van der Waals surface area contributed by atoms with Crippen LogP contribution in [-0.4, -0.2) is 81.7 Å². The molecule has 0 radical (unpaired) electrons. The summed E-state index contributed by atoms with van der Waals surface area (Å²) in [6.07, 6.45) is 3.99. The molecule has 0 aromatic heterocycles. The maximum atomic E-state index is 12.3. The molecule has 4 aliphatic rings. The van der Waals surface area contributed by atoms with Crippen LogP contribution in [0.3, 0.4) is 0 Å². The fourth-order valence-corrected chi connectivity index (χ4v) is 15.7. The largest absolute Gasteiger partial charge is 1.00 e. The van der Waals surface area contributed by atoms with E-state index in [9.17, 15) is 47.3 Å². The topological polar surface area (TPSA) is 393 Å². The van der Waals surface area contributed by atoms with Gasteiger partial charge in [-0.3, -0.25) is 4.72 Å². The van der Waals surface area contributed by atoms with Gasteiger partial charge in [-0.05, 0) is 157 Å². The van der Waals surface area contributed by atoms with Crippen molar-refractivity contribution >= 4 is 142 Å². The number of anilines is 6. The Bertz CT molecular complexity index is 6510. The van der Waals surface area contributed by atoms with Gasteiger partial charge in [0, 0.05) is 119 Å². The van der Waals surface area contributed by atoms with E-state index in [0.717, 1.165) is 107 Å². The first-order valence-electron chi connectivity index (χ1n) is 38.2. The van der Waals surface area contributed by atoms with E-state index in [0.29, 0.717) is 72.4 Å². The van der Waals surface area contributed by atoms with Gasteiger partial charge in [-0.2, -0.15) is 14.0 Å². The molecule has 2 aliphatic heterocycles. The number of benzene rings is 12. The summed E-state index contributed by atoms with van der Waals surface area (Å²) >= 11 is -0.750. The van der Waals surface area contributed by atoms with Crippen LogP contribution in [0, 0.1) is 61.5 Å². The number of para-hydroxylation sites is 4. The van der Waals surface area contributed by atoms with Crippen molar-refractivity contribution in [1.82, 2.24) is 0 Å². The minimum absolute atomic E-state index is 0. The second-order valence-electron chi connectivity index (χ2n) is 26.7. The van der Waals surface area contributed by atoms with Crippen LogP contribution in [0.5, 0.6) is 0 Å². The Morgan fingerprint density at radius 2 is 0.750 bits per heavy atom. The van der Waals surface area contributed by atoms with Crippen molar-refractivity contribution in [3.63, 3.8) is 0 Å². The van der Waals surface area contributed by atoms with E-state index in [1.165, 1.54) is 30.3 Å².